The zero-order valence-corrected chi connectivity index (χ0v) is 12.7. The molecular formula is C14H17BrN4. The first-order valence-electron chi connectivity index (χ1n) is 6.34. The summed E-state index contributed by atoms with van der Waals surface area (Å²) in [6, 6.07) is 9.84. The first kappa shape index (κ1) is 13.8. The Morgan fingerprint density at radius 3 is 2.58 bits per heavy atom. The van der Waals surface area contributed by atoms with Gasteiger partial charge < -0.3 is 10.2 Å². The number of rotatable bonds is 5. The minimum atomic E-state index is 0.608. The van der Waals surface area contributed by atoms with E-state index in [0.717, 1.165) is 29.1 Å². The van der Waals surface area contributed by atoms with Crippen LogP contribution >= 0.6 is 15.9 Å². The maximum Gasteiger partial charge on any atom is 0.229 e. The van der Waals surface area contributed by atoms with Crippen LogP contribution in [-0.4, -0.2) is 23.1 Å². The van der Waals surface area contributed by atoms with Crippen molar-refractivity contribution >= 4 is 33.4 Å². The number of nitrogens with one attached hydrogen (secondary N) is 1. The van der Waals surface area contributed by atoms with E-state index >= 15 is 0 Å². The molecule has 1 heterocycles. The molecule has 1 aromatic heterocycles. The summed E-state index contributed by atoms with van der Waals surface area (Å²) in [7, 11) is 0. The lowest BCUT2D eigenvalue weighted by atomic mass is 10.3. The molecule has 0 atom stereocenters. The van der Waals surface area contributed by atoms with Gasteiger partial charge in [-0.3, -0.25) is 0 Å². The number of benzene rings is 1. The second-order valence-corrected chi connectivity index (χ2v) is 4.87. The topological polar surface area (TPSA) is 41.1 Å². The van der Waals surface area contributed by atoms with Crippen LogP contribution in [0.4, 0.5) is 17.5 Å². The molecule has 4 nitrogen and oxygen atoms in total. The van der Waals surface area contributed by atoms with Crippen LogP contribution < -0.4 is 10.2 Å². The zero-order chi connectivity index (χ0) is 13.7. The fourth-order valence-electron chi connectivity index (χ4n) is 1.82. The molecule has 19 heavy (non-hydrogen) atoms. The molecule has 0 saturated carbocycles. The van der Waals surface area contributed by atoms with Crippen LogP contribution in [0.5, 0.6) is 0 Å². The van der Waals surface area contributed by atoms with Crippen LogP contribution in [0.3, 0.4) is 0 Å². The molecule has 0 aliphatic carbocycles. The second kappa shape index (κ2) is 6.52. The largest absolute Gasteiger partial charge is 0.357 e. The van der Waals surface area contributed by atoms with Gasteiger partial charge in [0.1, 0.15) is 5.82 Å². The Morgan fingerprint density at radius 2 is 1.89 bits per heavy atom. The monoisotopic (exact) mass is 320 g/mol. The molecule has 0 amide bonds. The molecule has 0 spiro atoms. The van der Waals surface area contributed by atoms with Gasteiger partial charge in [0.15, 0.2) is 0 Å². The average molecular weight is 321 g/mol. The molecule has 5 heteroatoms. The van der Waals surface area contributed by atoms with Gasteiger partial charge in [-0.1, -0.05) is 12.1 Å². The molecule has 0 aliphatic rings. The zero-order valence-electron chi connectivity index (χ0n) is 11.1. The number of para-hydroxylation sites is 1. The summed E-state index contributed by atoms with van der Waals surface area (Å²) in [4.78, 5) is 11.0. The molecule has 2 rings (SSSR count). The van der Waals surface area contributed by atoms with E-state index in [4.69, 9.17) is 0 Å². The van der Waals surface area contributed by atoms with Gasteiger partial charge in [0.05, 0.1) is 5.69 Å². The molecule has 0 bridgehead atoms. The Labute approximate surface area is 122 Å². The summed E-state index contributed by atoms with van der Waals surface area (Å²) in [6.07, 6.45) is 1.78. The Kier molecular flexibility index (Phi) is 4.74. The maximum absolute atomic E-state index is 4.53. The van der Waals surface area contributed by atoms with Gasteiger partial charge in [-0.15, -0.1) is 0 Å². The molecule has 0 saturated heterocycles. The third kappa shape index (κ3) is 3.44. The highest BCUT2D eigenvalue weighted by Gasteiger charge is 2.06. The number of hydrogen-bond donors (Lipinski definition) is 1. The molecule has 0 fully saturated rings. The van der Waals surface area contributed by atoms with Gasteiger partial charge in [0.2, 0.25) is 5.95 Å². The van der Waals surface area contributed by atoms with E-state index < -0.39 is 0 Å². The van der Waals surface area contributed by atoms with E-state index in [-0.39, 0.29) is 0 Å². The Bertz CT molecular complexity index is 540. The van der Waals surface area contributed by atoms with Crippen LogP contribution in [0.2, 0.25) is 0 Å². The van der Waals surface area contributed by atoms with Crippen molar-refractivity contribution in [3.63, 3.8) is 0 Å². The number of halogens is 1. The summed E-state index contributed by atoms with van der Waals surface area (Å²) in [6.45, 7) is 6.10. The van der Waals surface area contributed by atoms with Crippen molar-refractivity contribution in [2.75, 3.05) is 23.3 Å². The standard InChI is InChI=1S/C14H17BrN4/c1-3-19(4-2)13-9-10-16-14(18-13)17-12-8-6-5-7-11(12)15/h5-10H,3-4H2,1-2H3,(H,16,17,18). The Morgan fingerprint density at radius 1 is 1.16 bits per heavy atom. The van der Waals surface area contributed by atoms with Gasteiger partial charge in [-0.2, -0.15) is 4.98 Å². The molecule has 0 aliphatic heterocycles. The van der Waals surface area contributed by atoms with E-state index in [2.05, 4.69) is 50.0 Å². The minimum absolute atomic E-state index is 0.608. The molecule has 0 radical (unpaired) electrons. The third-order valence-electron chi connectivity index (χ3n) is 2.85. The van der Waals surface area contributed by atoms with Crippen molar-refractivity contribution in [1.82, 2.24) is 9.97 Å². The SMILES string of the molecule is CCN(CC)c1ccnc(Nc2ccccc2Br)n1. The van der Waals surface area contributed by atoms with E-state index in [9.17, 15) is 0 Å². The van der Waals surface area contributed by atoms with Gasteiger partial charge in [0.25, 0.3) is 0 Å². The predicted octanol–water partition coefficient (Wildman–Crippen LogP) is 3.83. The van der Waals surface area contributed by atoms with Crippen molar-refractivity contribution in [2.24, 2.45) is 0 Å². The molecule has 100 valence electrons. The Balaban J connectivity index is 2.22. The maximum atomic E-state index is 4.53. The van der Waals surface area contributed by atoms with Gasteiger partial charge >= 0.3 is 0 Å². The summed E-state index contributed by atoms with van der Waals surface area (Å²) < 4.78 is 0.992. The highest BCUT2D eigenvalue weighted by Crippen LogP contribution is 2.24. The number of anilines is 3. The molecular weight excluding hydrogens is 304 g/mol. The minimum Gasteiger partial charge on any atom is -0.357 e. The van der Waals surface area contributed by atoms with Gasteiger partial charge in [-0.25, -0.2) is 4.98 Å². The first-order valence-corrected chi connectivity index (χ1v) is 7.13. The van der Waals surface area contributed by atoms with Crippen LogP contribution in [0.15, 0.2) is 41.0 Å². The van der Waals surface area contributed by atoms with E-state index in [1.165, 1.54) is 0 Å². The number of hydrogen-bond acceptors (Lipinski definition) is 4. The lowest BCUT2D eigenvalue weighted by molar-refractivity contribution is 0.843. The molecule has 1 aromatic carbocycles. The van der Waals surface area contributed by atoms with Crippen molar-refractivity contribution in [3.8, 4) is 0 Å². The van der Waals surface area contributed by atoms with Crippen molar-refractivity contribution < 1.29 is 0 Å². The van der Waals surface area contributed by atoms with E-state index in [1.807, 2.05) is 30.3 Å². The highest BCUT2D eigenvalue weighted by molar-refractivity contribution is 9.10. The van der Waals surface area contributed by atoms with Crippen LogP contribution in [0.1, 0.15) is 13.8 Å². The Hall–Kier alpha value is -1.62. The van der Waals surface area contributed by atoms with Crippen LogP contribution in [0, 0.1) is 0 Å². The second-order valence-electron chi connectivity index (χ2n) is 4.02. The summed E-state index contributed by atoms with van der Waals surface area (Å²) >= 11 is 3.50. The quantitative estimate of drug-likeness (QED) is 0.909. The normalized spacial score (nSPS) is 10.3. The van der Waals surface area contributed by atoms with Crippen molar-refractivity contribution in [1.29, 1.82) is 0 Å². The van der Waals surface area contributed by atoms with Gasteiger partial charge in [0, 0.05) is 23.8 Å². The number of aromatic nitrogens is 2. The van der Waals surface area contributed by atoms with Crippen LogP contribution in [-0.2, 0) is 0 Å². The molecule has 2 aromatic rings. The average Bonchev–Trinajstić information content (AvgIpc) is 2.43. The predicted molar refractivity (Wildman–Crippen MR) is 83.0 cm³/mol. The fraction of sp³-hybridized carbons (Fsp3) is 0.286. The number of nitrogens with zero attached hydrogens (tertiary/aromatic N) is 3. The third-order valence-corrected chi connectivity index (χ3v) is 3.54. The summed E-state index contributed by atoms with van der Waals surface area (Å²) in [5.41, 5.74) is 0.958. The molecule has 0 unspecified atom stereocenters. The smallest absolute Gasteiger partial charge is 0.229 e. The summed E-state index contributed by atoms with van der Waals surface area (Å²) in [5, 5.41) is 3.22. The van der Waals surface area contributed by atoms with Crippen molar-refractivity contribution in [3.05, 3.63) is 41.0 Å². The van der Waals surface area contributed by atoms with E-state index in [0.29, 0.717) is 5.95 Å². The lowest BCUT2D eigenvalue weighted by Gasteiger charge is -2.20. The van der Waals surface area contributed by atoms with Crippen LogP contribution in [0.25, 0.3) is 0 Å². The first-order chi connectivity index (χ1) is 9.24. The van der Waals surface area contributed by atoms with Crippen molar-refractivity contribution in [2.45, 2.75) is 13.8 Å². The fourth-order valence-corrected chi connectivity index (χ4v) is 2.20. The van der Waals surface area contributed by atoms with E-state index in [1.54, 1.807) is 6.20 Å². The highest BCUT2D eigenvalue weighted by atomic mass is 79.9. The van der Waals surface area contributed by atoms with Gasteiger partial charge in [-0.05, 0) is 48.0 Å². The molecule has 1 N–H and O–H groups in total. The lowest BCUT2D eigenvalue weighted by Crippen LogP contribution is -2.23. The summed E-state index contributed by atoms with van der Waals surface area (Å²) in [5.74, 6) is 1.55.